The van der Waals surface area contributed by atoms with Crippen LogP contribution in [0.25, 0.3) is 44.2 Å². The van der Waals surface area contributed by atoms with Crippen molar-refractivity contribution in [2.45, 2.75) is 24.7 Å². The summed E-state index contributed by atoms with van der Waals surface area (Å²) in [5.41, 5.74) is 18.3. The van der Waals surface area contributed by atoms with E-state index in [4.69, 9.17) is 0 Å². The second-order valence-corrected chi connectivity index (χ2v) is 16.0. The van der Waals surface area contributed by atoms with Gasteiger partial charge in [0, 0.05) is 22.5 Å². The SMILES string of the molecule is CC1(C)c2ccccc2-c2ccc(N(c3ccccc3)c3ccc4c(c3)-c3c(-c5ccccc5)cc5ccccc5c3C4(c3ccccc3)c3ccccc3)cc21. The van der Waals surface area contributed by atoms with E-state index >= 15 is 0 Å². The number of hydrogen-bond donors (Lipinski definition) is 0. The number of fused-ring (bicyclic) bond motifs is 8. The molecule has 0 N–H and O–H groups in total. The summed E-state index contributed by atoms with van der Waals surface area (Å²) in [5.74, 6) is 0. The molecule has 9 aromatic rings. The standard InChI is InChI=1S/C56H41N/c1-55(2)50-30-18-17-29-46(50)47-33-31-44(37-52(47)55)57(42-26-13-6-14-27-42)43-32-34-51-49(36-43)53-48(38-19-7-3-8-20-38)35-39-21-15-16-28-45(39)54(53)56(51,40-22-9-4-10-23-40)41-24-11-5-12-25-41/h3-37H,1-2H3. The summed E-state index contributed by atoms with van der Waals surface area (Å²) in [6.07, 6.45) is 0. The maximum absolute atomic E-state index is 2.48. The highest BCUT2D eigenvalue weighted by molar-refractivity contribution is 6.07. The molecule has 0 heterocycles. The van der Waals surface area contributed by atoms with E-state index in [9.17, 15) is 0 Å². The fourth-order valence-electron chi connectivity index (χ4n) is 10.2. The number of nitrogens with zero attached hydrogens (tertiary/aromatic N) is 1. The monoisotopic (exact) mass is 727 g/mol. The first-order valence-electron chi connectivity index (χ1n) is 20.0. The van der Waals surface area contributed by atoms with E-state index in [1.165, 1.54) is 77.5 Å². The molecule has 9 aromatic carbocycles. The predicted molar refractivity (Wildman–Crippen MR) is 239 cm³/mol. The van der Waals surface area contributed by atoms with Crippen LogP contribution in [0.15, 0.2) is 212 Å². The van der Waals surface area contributed by atoms with Crippen LogP contribution >= 0.6 is 0 Å². The molecule has 0 saturated heterocycles. The first-order valence-corrected chi connectivity index (χ1v) is 20.0. The van der Waals surface area contributed by atoms with E-state index in [-0.39, 0.29) is 5.41 Å². The third kappa shape index (κ3) is 4.89. The van der Waals surface area contributed by atoms with Gasteiger partial charge in [0.15, 0.2) is 0 Å². The average Bonchev–Trinajstić information content (AvgIpc) is 3.71. The van der Waals surface area contributed by atoms with Gasteiger partial charge in [-0.1, -0.05) is 184 Å². The van der Waals surface area contributed by atoms with Crippen LogP contribution in [-0.2, 0) is 10.8 Å². The highest BCUT2D eigenvalue weighted by Gasteiger charge is 2.48. The highest BCUT2D eigenvalue weighted by atomic mass is 15.1. The molecule has 0 aliphatic heterocycles. The van der Waals surface area contributed by atoms with Crippen molar-refractivity contribution in [1.82, 2.24) is 0 Å². The van der Waals surface area contributed by atoms with Crippen molar-refractivity contribution < 1.29 is 0 Å². The van der Waals surface area contributed by atoms with Gasteiger partial charge in [0.2, 0.25) is 0 Å². The van der Waals surface area contributed by atoms with Gasteiger partial charge in [0.25, 0.3) is 0 Å². The number of rotatable bonds is 6. The zero-order valence-corrected chi connectivity index (χ0v) is 32.2. The maximum Gasteiger partial charge on any atom is 0.0719 e. The fourth-order valence-corrected chi connectivity index (χ4v) is 10.2. The molecule has 2 aliphatic rings. The lowest BCUT2D eigenvalue weighted by Gasteiger charge is -2.35. The Morgan fingerprint density at radius 2 is 0.930 bits per heavy atom. The number of hydrogen-bond acceptors (Lipinski definition) is 1. The zero-order chi connectivity index (χ0) is 38.1. The Morgan fingerprint density at radius 1 is 0.368 bits per heavy atom. The van der Waals surface area contributed by atoms with Gasteiger partial charge in [0.1, 0.15) is 0 Å². The molecule has 1 nitrogen and oxygen atoms in total. The van der Waals surface area contributed by atoms with E-state index in [1.807, 2.05) is 0 Å². The first-order chi connectivity index (χ1) is 28.0. The van der Waals surface area contributed by atoms with Crippen LogP contribution in [0.1, 0.15) is 47.2 Å². The van der Waals surface area contributed by atoms with Crippen molar-refractivity contribution in [1.29, 1.82) is 0 Å². The summed E-state index contributed by atoms with van der Waals surface area (Å²) in [5, 5.41) is 2.52. The van der Waals surface area contributed by atoms with Crippen molar-refractivity contribution in [2.75, 3.05) is 4.90 Å². The molecule has 0 amide bonds. The summed E-state index contributed by atoms with van der Waals surface area (Å²) in [6, 6.07) is 78.8. The second-order valence-electron chi connectivity index (χ2n) is 16.0. The first kappa shape index (κ1) is 33.4. The van der Waals surface area contributed by atoms with Crippen LogP contribution in [0.3, 0.4) is 0 Å². The molecule has 0 aromatic heterocycles. The molecular weight excluding hydrogens is 687 g/mol. The molecule has 0 spiro atoms. The molecule has 0 radical (unpaired) electrons. The zero-order valence-electron chi connectivity index (χ0n) is 32.2. The van der Waals surface area contributed by atoms with E-state index in [0.29, 0.717) is 0 Å². The largest absolute Gasteiger partial charge is 0.310 e. The molecule has 270 valence electrons. The lowest BCUT2D eigenvalue weighted by molar-refractivity contribution is 0.660. The molecule has 0 bridgehead atoms. The van der Waals surface area contributed by atoms with E-state index in [2.05, 4.69) is 231 Å². The summed E-state index contributed by atoms with van der Waals surface area (Å²) in [6.45, 7) is 4.73. The van der Waals surface area contributed by atoms with E-state index in [1.54, 1.807) is 0 Å². The molecule has 57 heavy (non-hydrogen) atoms. The Bertz CT molecular complexity index is 2920. The molecule has 0 unspecified atom stereocenters. The summed E-state index contributed by atoms with van der Waals surface area (Å²) >= 11 is 0. The number of benzene rings is 9. The lowest BCUT2D eigenvalue weighted by Crippen LogP contribution is -2.29. The topological polar surface area (TPSA) is 3.24 Å². The van der Waals surface area contributed by atoms with Gasteiger partial charge in [-0.3, -0.25) is 0 Å². The summed E-state index contributed by atoms with van der Waals surface area (Å²) in [4.78, 5) is 2.45. The average molecular weight is 728 g/mol. The maximum atomic E-state index is 2.48. The Labute approximate surface area is 335 Å². The smallest absolute Gasteiger partial charge is 0.0719 e. The third-order valence-corrected chi connectivity index (χ3v) is 12.7. The van der Waals surface area contributed by atoms with Crippen LogP contribution in [0.4, 0.5) is 17.1 Å². The Kier molecular flexibility index (Phi) is 7.50. The van der Waals surface area contributed by atoms with Gasteiger partial charge in [-0.2, -0.15) is 0 Å². The van der Waals surface area contributed by atoms with Crippen LogP contribution < -0.4 is 4.90 Å². The molecule has 1 heteroatoms. The van der Waals surface area contributed by atoms with Gasteiger partial charge in [-0.05, 0) is 120 Å². The van der Waals surface area contributed by atoms with Gasteiger partial charge in [0.05, 0.1) is 5.41 Å². The van der Waals surface area contributed by atoms with Crippen molar-refractivity contribution in [3.63, 3.8) is 0 Å². The molecule has 0 atom stereocenters. The van der Waals surface area contributed by atoms with E-state index < -0.39 is 5.41 Å². The predicted octanol–water partition coefficient (Wildman–Crippen LogP) is 14.6. The Hall–Kier alpha value is -6.96. The Morgan fingerprint density at radius 3 is 1.65 bits per heavy atom. The minimum atomic E-state index is -0.558. The summed E-state index contributed by atoms with van der Waals surface area (Å²) < 4.78 is 0. The van der Waals surface area contributed by atoms with Gasteiger partial charge >= 0.3 is 0 Å². The second kappa shape index (κ2) is 12.8. The molecule has 11 rings (SSSR count). The van der Waals surface area contributed by atoms with Crippen molar-refractivity contribution in [3.8, 4) is 33.4 Å². The van der Waals surface area contributed by atoms with Gasteiger partial charge < -0.3 is 4.90 Å². The molecular formula is C56H41N. The van der Waals surface area contributed by atoms with E-state index in [0.717, 1.165) is 17.1 Å². The minimum Gasteiger partial charge on any atom is -0.310 e. The molecule has 2 aliphatic carbocycles. The van der Waals surface area contributed by atoms with Gasteiger partial charge in [-0.15, -0.1) is 0 Å². The van der Waals surface area contributed by atoms with Crippen LogP contribution in [0.5, 0.6) is 0 Å². The normalized spacial score (nSPS) is 14.1. The fraction of sp³-hybridized carbons (Fsp3) is 0.0714. The molecule has 0 fully saturated rings. The van der Waals surface area contributed by atoms with Crippen molar-refractivity contribution >= 4 is 27.8 Å². The van der Waals surface area contributed by atoms with Gasteiger partial charge in [-0.25, -0.2) is 0 Å². The molecule has 0 saturated carbocycles. The lowest BCUT2D eigenvalue weighted by atomic mass is 9.66. The number of para-hydroxylation sites is 1. The Balaban J connectivity index is 1.24. The third-order valence-electron chi connectivity index (χ3n) is 12.7. The number of anilines is 3. The van der Waals surface area contributed by atoms with Crippen LogP contribution in [-0.4, -0.2) is 0 Å². The quantitative estimate of drug-likeness (QED) is 0.165. The van der Waals surface area contributed by atoms with Crippen molar-refractivity contribution in [3.05, 3.63) is 246 Å². The summed E-state index contributed by atoms with van der Waals surface area (Å²) in [7, 11) is 0. The van der Waals surface area contributed by atoms with Crippen LogP contribution in [0.2, 0.25) is 0 Å². The van der Waals surface area contributed by atoms with Crippen LogP contribution in [0, 0.1) is 0 Å². The van der Waals surface area contributed by atoms with Crippen molar-refractivity contribution in [2.24, 2.45) is 0 Å². The highest BCUT2D eigenvalue weighted by Crippen LogP contribution is 2.61. The minimum absolute atomic E-state index is 0.113.